The van der Waals surface area contributed by atoms with Crippen molar-refractivity contribution in [3.05, 3.63) is 42.2 Å². The van der Waals surface area contributed by atoms with E-state index in [0.29, 0.717) is 42.5 Å². The van der Waals surface area contributed by atoms with E-state index in [1.165, 1.54) is 0 Å². The van der Waals surface area contributed by atoms with Gasteiger partial charge in [0, 0.05) is 22.7 Å². The minimum absolute atomic E-state index is 0.371. The number of ether oxygens (including phenoxy) is 2. The topological polar surface area (TPSA) is 18.5 Å². The van der Waals surface area contributed by atoms with E-state index >= 15 is 0 Å². The summed E-state index contributed by atoms with van der Waals surface area (Å²) in [6.07, 6.45) is 0. The maximum Gasteiger partial charge on any atom is 0.185 e. The van der Waals surface area contributed by atoms with E-state index in [2.05, 4.69) is 31.9 Å². The number of benzene rings is 2. The molecule has 0 unspecified atom stereocenters. The van der Waals surface area contributed by atoms with Crippen molar-refractivity contribution in [1.29, 1.82) is 0 Å². The second kappa shape index (κ2) is 5.01. The number of halogens is 5. The number of hydrogen-bond acceptors (Lipinski definition) is 2. The van der Waals surface area contributed by atoms with Crippen molar-refractivity contribution < 1.29 is 9.47 Å². The van der Waals surface area contributed by atoms with E-state index < -0.39 is 0 Å². The standard InChI is InChI=1S/C12H3Br2Cl3O2/c13-4-1-7-8(2-5(4)15)19-12-9(18-7)3-6(16)11(17)10(12)14/h1-3H. The zero-order chi connectivity index (χ0) is 13.7. The lowest BCUT2D eigenvalue weighted by Gasteiger charge is -2.22. The van der Waals surface area contributed by atoms with Gasteiger partial charge in [-0.15, -0.1) is 0 Å². The average Bonchev–Trinajstić information content (AvgIpc) is 2.37. The van der Waals surface area contributed by atoms with Crippen LogP contribution in [0.1, 0.15) is 0 Å². The largest absolute Gasteiger partial charge is 0.449 e. The van der Waals surface area contributed by atoms with Gasteiger partial charge in [-0.2, -0.15) is 0 Å². The van der Waals surface area contributed by atoms with Gasteiger partial charge in [-0.1, -0.05) is 34.8 Å². The van der Waals surface area contributed by atoms with Crippen LogP contribution < -0.4 is 9.47 Å². The van der Waals surface area contributed by atoms with Crippen molar-refractivity contribution in [3.63, 3.8) is 0 Å². The first-order valence-corrected chi connectivity index (χ1v) is 7.71. The van der Waals surface area contributed by atoms with Crippen LogP contribution >= 0.6 is 66.7 Å². The van der Waals surface area contributed by atoms with Crippen LogP contribution in [-0.2, 0) is 0 Å². The van der Waals surface area contributed by atoms with Crippen LogP contribution in [0.15, 0.2) is 27.1 Å². The molecule has 19 heavy (non-hydrogen) atoms. The van der Waals surface area contributed by atoms with Crippen molar-refractivity contribution in [3.8, 4) is 23.0 Å². The monoisotopic (exact) mass is 442 g/mol. The maximum absolute atomic E-state index is 6.05. The Kier molecular flexibility index (Phi) is 3.65. The molecule has 3 rings (SSSR count). The van der Waals surface area contributed by atoms with Crippen molar-refractivity contribution >= 4 is 66.7 Å². The highest BCUT2D eigenvalue weighted by molar-refractivity contribution is 9.11. The first-order chi connectivity index (χ1) is 8.97. The van der Waals surface area contributed by atoms with Gasteiger partial charge in [0.25, 0.3) is 0 Å². The quantitative estimate of drug-likeness (QED) is 0.345. The Morgan fingerprint density at radius 2 is 1.42 bits per heavy atom. The molecule has 2 nitrogen and oxygen atoms in total. The molecule has 0 atom stereocenters. The zero-order valence-corrected chi connectivity index (χ0v) is 14.4. The highest BCUT2D eigenvalue weighted by Crippen LogP contribution is 2.53. The molecule has 0 aromatic heterocycles. The second-order valence-corrected chi connectivity index (χ2v) is 6.57. The lowest BCUT2D eigenvalue weighted by Crippen LogP contribution is -2.00. The molecule has 0 fully saturated rings. The molecule has 0 spiro atoms. The van der Waals surface area contributed by atoms with Gasteiger partial charge < -0.3 is 9.47 Å². The van der Waals surface area contributed by atoms with Gasteiger partial charge in [0.1, 0.15) is 0 Å². The lowest BCUT2D eigenvalue weighted by molar-refractivity contribution is 0.357. The molecule has 1 aliphatic rings. The van der Waals surface area contributed by atoms with Crippen LogP contribution in [0.3, 0.4) is 0 Å². The Morgan fingerprint density at radius 3 is 2.16 bits per heavy atom. The fraction of sp³-hybridized carbons (Fsp3) is 0. The normalized spacial score (nSPS) is 12.3. The minimum Gasteiger partial charge on any atom is -0.449 e. The maximum atomic E-state index is 6.05. The highest BCUT2D eigenvalue weighted by atomic mass is 79.9. The molecule has 7 heteroatoms. The summed E-state index contributed by atoms with van der Waals surface area (Å²) in [4.78, 5) is 0. The van der Waals surface area contributed by atoms with E-state index in [0.717, 1.165) is 4.47 Å². The lowest BCUT2D eigenvalue weighted by atomic mass is 10.2. The summed E-state index contributed by atoms with van der Waals surface area (Å²) in [6.45, 7) is 0. The minimum atomic E-state index is 0.371. The molecule has 1 heterocycles. The van der Waals surface area contributed by atoms with Crippen molar-refractivity contribution in [2.24, 2.45) is 0 Å². The fourth-order valence-corrected chi connectivity index (χ4v) is 3.04. The molecule has 98 valence electrons. The highest BCUT2D eigenvalue weighted by Gasteiger charge is 2.25. The second-order valence-electron chi connectivity index (χ2n) is 3.73. The first kappa shape index (κ1) is 13.8. The molecule has 0 saturated heterocycles. The van der Waals surface area contributed by atoms with E-state index in [1.807, 2.05) is 0 Å². The number of hydrogen-bond donors (Lipinski definition) is 0. The van der Waals surface area contributed by atoms with Crippen LogP contribution in [0.4, 0.5) is 0 Å². The molecule has 0 radical (unpaired) electrons. The van der Waals surface area contributed by atoms with Crippen LogP contribution in [0.25, 0.3) is 0 Å². The van der Waals surface area contributed by atoms with Crippen molar-refractivity contribution in [2.45, 2.75) is 0 Å². The summed E-state index contributed by atoms with van der Waals surface area (Å²) in [6, 6.07) is 5.01. The summed E-state index contributed by atoms with van der Waals surface area (Å²) in [7, 11) is 0. The van der Waals surface area contributed by atoms with Gasteiger partial charge in [-0.3, -0.25) is 0 Å². The van der Waals surface area contributed by atoms with Crippen LogP contribution in [0.5, 0.6) is 23.0 Å². The van der Waals surface area contributed by atoms with Gasteiger partial charge in [0.05, 0.1) is 19.5 Å². The third kappa shape index (κ3) is 2.34. The first-order valence-electron chi connectivity index (χ1n) is 4.99. The van der Waals surface area contributed by atoms with Crippen molar-refractivity contribution in [2.75, 3.05) is 0 Å². The third-order valence-corrected chi connectivity index (χ3v) is 5.47. The Hall–Kier alpha value is -0.130. The van der Waals surface area contributed by atoms with E-state index in [9.17, 15) is 0 Å². The summed E-state index contributed by atoms with van der Waals surface area (Å²) in [5.41, 5.74) is 0. The third-order valence-electron chi connectivity index (χ3n) is 2.50. The van der Waals surface area contributed by atoms with Gasteiger partial charge in [-0.05, 0) is 31.9 Å². The number of rotatable bonds is 0. The Labute approximate surface area is 140 Å². The Morgan fingerprint density at radius 1 is 0.789 bits per heavy atom. The van der Waals surface area contributed by atoms with Crippen LogP contribution in [-0.4, -0.2) is 0 Å². The summed E-state index contributed by atoms with van der Waals surface area (Å²) in [5, 5.41) is 1.28. The predicted molar refractivity (Wildman–Crippen MR) is 83.5 cm³/mol. The molecular weight excluding hydrogens is 442 g/mol. The predicted octanol–water partition coefficient (Wildman–Crippen LogP) is 7.07. The smallest absolute Gasteiger partial charge is 0.185 e. The molecule has 0 bridgehead atoms. The Balaban J connectivity index is 2.17. The number of fused-ring (bicyclic) bond motifs is 2. The van der Waals surface area contributed by atoms with E-state index in [1.54, 1.807) is 18.2 Å². The summed E-state index contributed by atoms with van der Waals surface area (Å²) >= 11 is 24.8. The van der Waals surface area contributed by atoms with Gasteiger partial charge in [0.2, 0.25) is 0 Å². The van der Waals surface area contributed by atoms with Gasteiger partial charge in [-0.25, -0.2) is 0 Å². The molecule has 0 N–H and O–H groups in total. The van der Waals surface area contributed by atoms with Gasteiger partial charge >= 0.3 is 0 Å². The van der Waals surface area contributed by atoms with Crippen LogP contribution in [0.2, 0.25) is 15.1 Å². The van der Waals surface area contributed by atoms with E-state index in [-0.39, 0.29) is 0 Å². The zero-order valence-electron chi connectivity index (χ0n) is 8.94. The fourth-order valence-electron chi connectivity index (χ4n) is 1.63. The van der Waals surface area contributed by atoms with Gasteiger partial charge in [0.15, 0.2) is 23.0 Å². The molecule has 0 aliphatic carbocycles. The molecule has 2 aromatic rings. The van der Waals surface area contributed by atoms with Crippen LogP contribution in [0, 0.1) is 0 Å². The van der Waals surface area contributed by atoms with Crippen molar-refractivity contribution in [1.82, 2.24) is 0 Å². The molecule has 0 amide bonds. The molecular formula is C12H3Br2Cl3O2. The van der Waals surface area contributed by atoms with E-state index in [4.69, 9.17) is 44.3 Å². The summed E-state index contributed by atoms with van der Waals surface area (Å²) < 4.78 is 12.8. The molecule has 1 aliphatic heterocycles. The molecule has 2 aromatic carbocycles. The Bertz CT molecular complexity index is 704. The average molecular weight is 445 g/mol. The SMILES string of the molecule is Clc1cc2c(cc1Br)Oc1cc(Cl)c(Cl)c(Br)c1O2. The summed E-state index contributed by atoms with van der Waals surface area (Å²) in [5.74, 6) is 2.03. The molecule has 0 saturated carbocycles.